The van der Waals surface area contributed by atoms with E-state index in [4.69, 9.17) is 4.74 Å². The Morgan fingerprint density at radius 3 is 2.50 bits per heavy atom. The van der Waals surface area contributed by atoms with Crippen molar-refractivity contribution in [1.82, 2.24) is 4.98 Å². The van der Waals surface area contributed by atoms with Crippen molar-refractivity contribution in [3.63, 3.8) is 0 Å². The SMILES string of the molecule is CC(C)(C)OC(=O)CCC(=O)Cc1ccccn1. The summed E-state index contributed by atoms with van der Waals surface area (Å²) in [6.07, 6.45) is 2.24. The molecule has 0 bridgehead atoms. The number of ketones is 1. The standard InChI is InChI=1S/C14H19NO3/c1-14(2,3)18-13(17)8-7-12(16)10-11-6-4-5-9-15-11/h4-6,9H,7-8,10H2,1-3H3. The van der Waals surface area contributed by atoms with Gasteiger partial charge in [-0.15, -0.1) is 0 Å². The highest BCUT2D eigenvalue weighted by molar-refractivity contribution is 5.84. The Morgan fingerprint density at radius 2 is 1.94 bits per heavy atom. The van der Waals surface area contributed by atoms with E-state index in [1.54, 1.807) is 39.1 Å². The number of hydrogen-bond acceptors (Lipinski definition) is 4. The average molecular weight is 249 g/mol. The normalized spacial score (nSPS) is 11.1. The maximum Gasteiger partial charge on any atom is 0.306 e. The Labute approximate surface area is 107 Å². The van der Waals surface area contributed by atoms with Gasteiger partial charge in [0.1, 0.15) is 11.4 Å². The van der Waals surface area contributed by atoms with E-state index in [1.165, 1.54) is 0 Å². The third-order valence-electron chi connectivity index (χ3n) is 2.13. The number of aromatic nitrogens is 1. The van der Waals surface area contributed by atoms with Crippen LogP contribution in [0.2, 0.25) is 0 Å². The van der Waals surface area contributed by atoms with Crippen LogP contribution in [0.15, 0.2) is 24.4 Å². The minimum absolute atomic E-state index is 0.000408. The lowest BCUT2D eigenvalue weighted by molar-refractivity contribution is -0.155. The molecule has 0 fully saturated rings. The topological polar surface area (TPSA) is 56.3 Å². The lowest BCUT2D eigenvalue weighted by atomic mass is 10.1. The fraction of sp³-hybridized carbons (Fsp3) is 0.500. The molecule has 0 saturated carbocycles. The van der Waals surface area contributed by atoms with Crippen LogP contribution in [0.3, 0.4) is 0 Å². The zero-order chi connectivity index (χ0) is 13.6. The largest absolute Gasteiger partial charge is 0.460 e. The van der Waals surface area contributed by atoms with E-state index in [2.05, 4.69) is 4.98 Å². The summed E-state index contributed by atoms with van der Waals surface area (Å²) in [5.41, 5.74) is 0.230. The van der Waals surface area contributed by atoms with Crippen LogP contribution in [0.1, 0.15) is 39.3 Å². The Balaban J connectivity index is 2.32. The summed E-state index contributed by atoms with van der Waals surface area (Å²) in [4.78, 5) is 27.1. The molecule has 0 aliphatic rings. The lowest BCUT2D eigenvalue weighted by Gasteiger charge is -2.19. The van der Waals surface area contributed by atoms with Gasteiger partial charge in [0.25, 0.3) is 0 Å². The van der Waals surface area contributed by atoms with Gasteiger partial charge in [-0.25, -0.2) is 0 Å². The smallest absolute Gasteiger partial charge is 0.306 e. The number of pyridine rings is 1. The number of esters is 1. The Bertz CT molecular complexity index is 407. The van der Waals surface area contributed by atoms with E-state index < -0.39 is 5.60 Å². The molecule has 0 radical (unpaired) electrons. The number of nitrogens with zero attached hydrogens (tertiary/aromatic N) is 1. The highest BCUT2D eigenvalue weighted by atomic mass is 16.6. The number of rotatable bonds is 5. The van der Waals surface area contributed by atoms with Gasteiger partial charge < -0.3 is 4.74 Å². The minimum Gasteiger partial charge on any atom is -0.460 e. The van der Waals surface area contributed by atoms with Crippen molar-refractivity contribution >= 4 is 11.8 Å². The van der Waals surface area contributed by atoms with Crippen molar-refractivity contribution < 1.29 is 14.3 Å². The van der Waals surface area contributed by atoms with Gasteiger partial charge in [0, 0.05) is 24.7 Å². The first-order valence-electron chi connectivity index (χ1n) is 6.00. The molecule has 0 unspecified atom stereocenters. The molecule has 1 aromatic heterocycles. The molecule has 0 atom stereocenters. The van der Waals surface area contributed by atoms with Crippen LogP contribution in [0, 0.1) is 0 Å². The van der Waals surface area contributed by atoms with E-state index >= 15 is 0 Å². The van der Waals surface area contributed by atoms with Gasteiger partial charge in [-0.2, -0.15) is 0 Å². The molecule has 0 N–H and O–H groups in total. The van der Waals surface area contributed by atoms with Crippen LogP contribution < -0.4 is 0 Å². The van der Waals surface area contributed by atoms with Crippen LogP contribution in [0.25, 0.3) is 0 Å². The van der Waals surface area contributed by atoms with Gasteiger partial charge >= 0.3 is 5.97 Å². The predicted octanol–water partition coefficient (Wildman–Crippen LogP) is 2.32. The van der Waals surface area contributed by atoms with Crippen LogP contribution in [0.5, 0.6) is 0 Å². The lowest BCUT2D eigenvalue weighted by Crippen LogP contribution is -2.24. The molecule has 4 heteroatoms. The molecule has 4 nitrogen and oxygen atoms in total. The summed E-state index contributed by atoms with van der Waals surface area (Å²) in [6, 6.07) is 5.43. The first-order chi connectivity index (χ1) is 8.37. The van der Waals surface area contributed by atoms with Crippen molar-refractivity contribution in [3.8, 4) is 0 Å². The van der Waals surface area contributed by atoms with Crippen LogP contribution in [-0.2, 0) is 20.7 Å². The van der Waals surface area contributed by atoms with E-state index in [1.807, 2.05) is 6.07 Å². The quantitative estimate of drug-likeness (QED) is 0.751. The van der Waals surface area contributed by atoms with Crippen molar-refractivity contribution in [3.05, 3.63) is 30.1 Å². The van der Waals surface area contributed by atoms with E-state index in [0.29, 0.717) is 0 Å². The second-order valence-electron chi connectivity index (χ2n) is 5.12. The van der Waals surface area contributed by atoms with E-state index in [-0.39, 0.29) is 31.0 Å². The van der Waals surface area contributed by atoms with Gasteiger partial charge in [0.15, 0.2) is 0 Å². The minimum atomic E-state index is -0.499. The highest BCUT2D eigenvalue weighted by Crippen LogP contribution is 2.09. The molecule has 0 aliphatic carbocycles. The third-order valence-corrected chi connectivity index (χ3v) is 2.13. The molecular formula is C14H19NO3. The summed E-state index contributed by atoms with van der Waals surface area (Å²) >= 11 is 0. The van der Waals surface area contributed by atoms with Gasteiger partial charge in [-0.1, -0.05) is 6.07 Å². The van der Waals surface area contributed by atoms with Crippen LogP contribution in [-0.4, -0.2) is 22.3 Å². The van der Waals surface area contributed by atoms with E-state index in [9.17, 15) is 9.59 Å². The molecule has 1 heterocycles. The first kappa shape index (κ1) is 14.4. The second-order valence-corrected chi connectivity index (χ2v) is 5.12. The van der Waals surface area contributed by atoms with Crippen LogP contribution in [0.4, 0.5) is 0 Å². The van der Waals surface area contributed by atoms with Gasteiger partial charge in [-0.3, -0.25) is 14.6 Å². The molecule has 0 aliphatic heterocycles. The number of Topliss-reactive ketones (excluding diaryl/α,β-unsaturated/α-hetero) is 1. The summed E-state index contributed by atoms with van der Waals surface area (Å²) in [7, 11) is 0. The molecule has 1 rings (SSSR count). The van der Waals surface area contributed by atoms with E-state index in [0.717, 1.165) is 5.69 Å². The maximum atomic E-state index is 11.6. The second kappa shape index (κ2) is 6.28. The van der Waals surface area contributed by atoms with Crippen LogP contribution >= 0.6 is 0 Å². The summed E-state index contributed by atoms with van der Waals surface area (Å²) in [5.74, 6) is -0.337. The first-order valence-corrected chi connectivity index (χ1v) is 6.00. The molecule has 0 saturated heterocycles. The number of carbonyl (C=O) groups excluding carboxylic acids is 2. The van der Waals surface area contributed by atoms with Crippen molar-refractivity contribution in [1.29, 1.82) is 0 Å². The zero-order valence-corrected chi connectivity index (χ0v) is 11.1. The molecule has 18 heavy (non-hydrogen) atoms. The summed E-state index contributed by atoms with van der Waals surface area (Å²) < 4.78 is 5.13. The fourth-order valence-electron chi connectivity index (χ4n) is 1.43. The van der Waals surface area contributed by atoms with Crippen molar-refractivity contribution in [2.24, 2.45) is 0 Å². The fourth-order valence-corrected chi connectivity index (χ4v) is 1.43. The molecule has 98 valence electrons. The molecular weight excluding hydrogens is 230 g/mol. The number of ether oxygens (including phenoxy) is 1. The maximum absolute atomic E-state index is 11.6. The summed E-state index contributed by atoms with van der Waals surface area (Å²) in [5, 5.41) is 0. The Kier molecular flexibility index (Phi) is 5.01. The predicted molar refractivity (Wildman–Crippen MR) is 68.0 cm³/mol. The van der Waals surface area contributed by atoms with Crippen molar-refractivity contribution in [2.75, 3.05) is 0 Å². The highest BCUT2D eigenvalue weighted by Gasteiger charge is 2.17. The average Bonchev–Trinajstić information content (AvgIpc) is 2.25. The zero-order valence-electron chi connectivity index (χ0n) is 11.1. The van der Waals surface area contributed by atoms with Gasteiger partial charge in [-0.05, 0) is 32.9 Å². The summed E-state index contributed by atoms with van der Waals surface area (Å²) in [6.45, 7) is 5.42. The molecule has 1 aromatic rings. The number of carbonyl (C=O) groups is 2. The van der Waals surface area contributed by atoms with Gasteiger partial charge in [0.05, 0.1) is 6.42 Å². The van der Waals surface area contributed by atoms with Gasteiger partial charge in [0.2, 0.25) is 0 Å². The van der Waals surface area contributed by atoms with Crippen molar-refractivity contribution in [2.45, 2.75) is 45.6 Å². The molecule has 0 spiro atoms. The third kappa shape index (κ3) is 6.13. The number of hydrogen-bond donors (Lipinski definition) is 0. The Hall–Kier alpha value is -1.71. The Morgan fingerprint density at radius 1 is 1.22 bits per heavy atom. The monoisotopic (exact) mass is 249 g/mol. The molecule has 0 amide bonds. The molecule has 0 aromatic carbocycles.